The van der Waals surface area contributed by atoms with Crippen molar-refractivity contribution in [1.29, 1.82) is 0 Å². The Balaban J connectivity index is 2.94. The molecule has 0 fully saturated rings. The Hall–Kier alpha value is -1.80. The van der Waals surface area contributed by atoms with Crippen molar-refractivity contribution in [2.75, 3.05) is 33.3 Å². The summed E-state index contributed by atoms with van der Waals surface area (Å²) < 4.78 is 15.9. The van der Waals surface area contributed by atoms with Gasteiger partial charge in [0.05, 0.1) is 6.10 Å². The Kier molecular flexibility index (Phi) is 12.5. The van der Waals surface area contributed by atoms with Gasteiger partial charge in [-0.05, 0) is 37.8 Å². The molecule has 7 heteroatoms. The number of anilines is 1. The van der Waals surface area contributed by atoms with E-state index < -0.39 is 12.2 Å². The number of Topliss-reactive ketones (excluding diaryl/α,β-unsaturated/α-hetero) is 1. The summed E-state index contributed by atoms with van der Waals surface area (Å²) >= 11 is 0. The topological polar surface area (TPSA) is 94.1 Å². The number of methoxy groups -OCH3 is 3. The maximum atomic E-state index is 13.1. The Labute approximate surface area is 180 Å². The smallest absolute Gasteiger partial charge is 0.227 e. The second-order valence-corrected chi connectivity index (χ2v) is 7.66. The van der Waals surface area contributed by atoms with Gasteiger partial charge in [0.1, 0.15) is 5.78 Å². The van der Waals surface area contributed by atoms with E-state index in [1.54, 1.807) is 28.3 Å². The van der Waals surface area contributed by atoms with E-state index in [4.69, 9.17) is 19.3 Å². The van der Waals surface area contributed by atoms with Gasteiger partial charge in [-0.15, -0.1) is 0 Å². The van der Waals surface area contributed by atoms with Gasteiger partial charge in [0.2, 0.25) is 5.91 Å². The number of para-hydroxylation sites is 1. The van der Waals surface area contributed by atoms with Crippen molar-refractivity contribution in [2.45, 2.75) is 58.3 Å². The summed E-state index contributed by atoms with van der Waals surface area (Å²) in [5.41, 5.74) is 1.57. The number of carbonyl (C=O) groups is 2. The highest BCUT2D eigenvalue weighted by Gasteiger charge is 2.26. The SMILES string of the molecule is COC(C)CCC(CC(=O)[C@@H](C)CCO)C(=O)Nc1ccccc1CC(OC)OC. The van der Waals surface area contributed by atoms with Gasteiger partial charge in [0.25, 0.3) is 0 Å². The number of aliphatic hydroxyl groups is 1. The van der Waals surface area contributed by atoms with E-state index in [0.717, 1.165) is 5.56 Å². The molecule has 0 radical (unpaired) electrons. The number of hydrogen-bond donors (Lipinski definition) is 2. The minimum atomic E-state index is -0.468. The standard InChI is InChI=1S/C23H37NO6/c1-16(12-13-25)21(26)14-19(11-10-17(2)28-3)23(27)24-20-9-7-6-8-18(20)15-22(29-4)30-5/h6-9,16-17,19,22,25H,10-15H2,1-5H3,(H,24,27)/t16-,17?,19?/m0/s1. The quantitative estimate of drug-likeness (QED) is 0.421. The molecule has 0 spiro atoms. The van der Waals surface area contributed by atoms with Crippen molar-refractivity contribution >= 4 is 17.4 Å². The van der Waals surface area contributed by atoms with Crippen molar-refractivity contribution in [3.8, 4) is 0 Å². The van der Waals surface area contributed by atoms with Crippen LogP contribution in [0.1, 0.15) is 45.1 Å². The molecule has 0 aliphatic carbocycles. The second kappa shape index (κ2) is 14.2. The van der Waals surface area contributed by atoms with Crippen LogP contribution in [0.5, 0.6) is 0 Å². The Bertz CT molecular complexity index is 646. The molecule has 30 heavy (non-hydrogen) atoms. The third-order valence-corrected chi connectivity index (χ3v) is 5.44. The average Bonchev–Trinajstić information content (AvgIpc) is 2.75. The van der Waals surface area contributed by atoms with Gasteiger partial charge in [-0.1, -0.05) is 25.1 Å². The van der Waals surface area contributed by atoms with Crippen LogP contribution in [0.25, 0.3) is 0 Å². The lowest BCUT2D eigenvalue weighted by Crippen LogP contribution is -2.29. The number of ketones is 1. The van der Waals surface area contributed by atoms with Crippen LogP contribution in [0.3, 0.4) is 0 Å². The lowest BCUT2D eigenvalue weighted by atomic mass is 9.89. The van der Waals surface area contributed by atoms with Crippen molar-refractivity contribution in [3.63, 3.8) is 0 Å². The maximum Gasteiger partial charge on any atom is 0.227 e. The molecule has 0 aliphatic rings. The number of ether oxygens (including phenoxy) is 3. The Morgan fingerprint density at radius 1 is 1.00 bits per heavy atom. The normalized spacial score (nSPS) is 14.4. The molecule has 0 saturated carbocycles. The summed E-state index contributed by atoms with van der Waals surface area (Å²) in [6, 6.07) is 7.49. The lowest BCUT2D eigenvalue weighted by Gasteiger charge is -2.21. The first-order valence-electron chi connectivity index (χ1n) is 10.5. The summed E-state index contributed by atoms with van der Waals surface area (Å²) in [7, 11) is 4.77. The summed E-state index contributed by atoms with van der Waals surface area (Å²) in [6.45, 7) is 3.68. The molecule has 0 saturated heterocycles. The van der Waals surface area contributed by atoms with Crippen molar-refractivity contribution < 1.29 is 28.9 Å². The Morgan fingerprint density at radius 2 is 1.67 bits per heavy atom. The van der Waals surface area contributed by atoms with Gasteiger partial charge in [-0.2, -0.15) is 0 Å². The molecule has 2 unspecified atom stereocenters. The molecule has 0 heterocycles. The summed E-state index contributed by atoms with van der Waals surface area (Å²) in [4.78, 5) is 25.6. The monoisotopic (exact) mass is 423 g/mol. The van der Waals surface area contributed by atoms with E-state index in [1.807, 2.05) is 31.2 Å². The van der Waals surface area contributed by atoms with Gasteiger partial charge in [0.15, 0.2) is 6.29 Å². The average molecular weight is 424 g/mol. The predicted octanol–water partition coefficient (Wildman–Crippen LogP) is 3.20. The zero-order valence-electron chi connectivity index (χ0n) is 18.8. The number of benzene rings is 1. The molecule has 2 N–H and O–H groups in total. The van der Waals surface area contributed by atoms with E-state index in [1.165, 1.54) is 0 Å². The largest absolute Gasteiger partial charge is 0.396 e. The summed E-state index contributed by atoms with van der Waals surface area (Å²) in [6.07, 6.45) is 1.84. The zero-order chi connectivity index (χ0) is 22.5. The number of carbonyl (C=O) groups excluding carboxylic acids is 2. The van der Waals surface area contributed by atoms with Gasteiger partial charge < -0.3 is 24.6 Å². The highest BCUT2D eigenvalue weighted by molar-refractivity contribution is 5.96. The molecule has 7 nitrogen and oxygen atoms in total. The number of nitrogens with one attached hydrogen (secondary N) is 1. The van der Waals surface area contributed by atoms with Gasteiger partial charge in [-0.25, -0.2) is 0 Å². The molecule has 0 bridgehead atoms. The van der Waals surface area contributed by atoms with E-state index in [2.05, 4.69) is 5.32 Å². The van der Waals surface area contributed by atoms with E-state index in [9.17, 15) is 9.59 Å². The van der Waals surface area contributed by atoms with Crippen LogP contribution in [0.15, 0.2) is 24.3 Å². The predicted molar refractivity (Wildman–Crippen MR) is 116 cm³/mol. The number of rotatable bonds is 15. The molecular formula is C23H37NO6. The lowest BCUT2D eigenvalue weighted by molar-refractivity contribution is -0.128. The number of amides is 1. The summed E-state index contributed by atoms with van der Waals surface area (Å²) in [5.74, 6) is -0.949. The second-order valence-electron chi connectivity index (χ2n) is 7.66. The van der Waals surface area contributed by atoms with Crippen LogP contribution in [0.4, 0.5) is 5.69 Å². The first-order valence-corrected chi connectivity index (χ1v) is 10.5. The number of aliphatic hydroxyl groups excluding tert-OH is 1. The van der Waals surface area contributed by atoms with Crippen molar-refractivity contribution in [1.82, 2.24) is 0 Å². The molecule has 0 aliphatic heterocycles. The minimum Gasteiger partial charge on any atom is -0.396 e. The van der Waals surface area contributed by atoms with Crippen LogP contribution in [-0.4, -0.2) is 57.1 Å². The maximum absolute atomic E-state index is 13.1. The fraction of sp³-hybridized carbons (Fsp3) is 0.652. The molecule has 1 rings (SSSR count). The highest BCUT2D eigenvalue weighted by Crippen LogP contribution is 2.23. The van der Waals surface area contributed by atoms with Crippen LogP contribution < -0.4 is 5.32 Å². The zero-order valence-corrected chi connectivity index (χ0v) is 18.8. The van der Waals surface area contributed by atoms with E-state index >= 15 is 0 Å². The fourth-order valence-electron chi connectivity index (χ4n) is 3.18. The third-order valence-electron chi connectivity index (χ3n) is 5.44. The van der Waals surface area contributed by atoms with Crippen LogP contribution >= 0.6 is 0 Å². The van der Waals surface area contributed by atoms with E-state index in [0.29, 0.717) is 31.4 Å². The van der Waals surface area contributed by atoms with Crippen molar-refractivity contribution in [3.05, 3.63) is 29.8 Å². The molecular weight excluding hydrogens is 386 g/mol. The van der Waals surface area contributed by atoms with Gasteiger partial charge in [-0.3, -0.25) is 9.59 Å². The van der Waals surface area contributed by atoms with Crippen LogP contribution in [0.2, 0.25) is 0 Å². The van der Waals surface area contributed by atoms with Gasteiger partial charge >= 0.3 is 0 Å². The first-order chi connectivity index (χ1) is 14.4. The summed E-state index contributed by atoms with van der Waals surface area (Å²) in [5, 5.41) is 12.1. The third kappa shape index (κ3) is 8.92. The van der Waals surface area contributed by atoms with Crippen LogP contribution in [0, 0.1) is 11.8 Å². The van der Waals surface area contributed by atoms with Crippen molar-refractivity contribution in [2.24, 2.45) is 11.8 Å². The number of hydrogen-bond acceptors (Lipinski definition) is 6. The highest BCUT2D eigenvalue weighted by atomic mass is 16.7. The minimum absolute atomic E-state index is 0.00159. The molecule has 1 aromatic carbocycles. The molecule has 3 atom stereocenters. The molecule has 1 aromatic rings. The molecule has 1 amide bonds. The van der Waals surface area contributed by atoms with E-state index in [-0.39, 0.29) is 36.7 Å². The molecule has 0 aromatic heterocycles. The van der Waals surface area contributed by atoms with Gasteiger partial charge in [0, 0.05) is 58.3 Å². The Morgan fingerprint density at radius 3 is 2.27 bits per heavy atom. The molecule has 170 valence electrons. The van der Waals surface area contributed by atoms with Crippen LogP contribution in [-0.2, 0) is 30.2 Å². The fourth-order valence-corrected chi connectivity index (χ4v) is 3.18. The first kappa shape index (κ1) is 26.2.